The van der Waals surface area contributed by atoms with E-state index in [1.54, 1.807) is 26.2 Å². The van der Waals surface area contributed by atoms with Crippen molar-refractivity contribution >= 4 is 45.9 Å². The molecule has 3 amide bonds. The monoisotopic (exact) mass is 746 g/mol. The van der Waals surface area contributed by atoms with Crippen LogP contribution in [-0.4, -0.2) is 86.4 Å². The van der Waals surface area contributed by atoms with E-state index in [1.807, 2.05) is 21.6 Å². The van der Waals surface area contributed by atoms with Gasteiger partial charge in [-0.15, -0.1) is 0 Å². The van der Waals surface area contributed by atoms with Gasteiger partial charge in [0.25, 0.3) is 5.91 Å². The van der Waals surface area contributed by atoms with E-state index in [0.29, 0.717) is 60.1 Å². The zero-order chi connectivity index (χ0) is 38.2. The quantitative estimate of drug-likeness (QED) is 0.200. The number of nitrogens with one attached hydrogen (secondary N) is 2. The molecule has 0 bridgehead atoms. The normalized spacial score (nSPS) is 22.3. The first kappa shape index (κ1) is 35.8. The minimum atomic E-state index is -0.664. The highest BCUT2D eigenvalue weighted by molar-refractivity contribution is 6.09. The molecule has 3 aliphatic heterocycles. The molecular formula is C43H51FN8O3. The molecule has 2 aromatic carbocycles. The number of aromatic nitrogens is 3. The minimum Gasteiger partial charge on any atom is -0.349 e. The number of aryl methyl sites for hydroxylation is 1. The van der Waals surface area contributed by atoms with Crippen molar-refractivity contribution in [2.75, 3.05) is 36.4 Å². The van der Waals surface area contributed by atoms with Gasteiger partial charge in [-0.1, -0.05) is 18.6 Å². The Morgan fingerprint density at radius 1 is 0.964 bits per heavy atom. The molecule has 11 nitrogen and oxygen atoms in total. The van der Waals surface area contributed by atoms with Gasteiger partial charge in [0.2, 0.25) is 11.8 Å². The lowest BCUT2D eigenvalue weighted by Gasteiger charge is -2.48. The summed E-state index contributed by atoms with van der Waals surface area (Å²) >= 11 is 0. The van der Waals surface area contributed by atoms with Gasteiger partial charge in [0, 0.05) is 61.0 Å². The van der Waals surface area contributed by atoms with Crippen molar-refractivity contribution < 1.29 is 18.8 Å². The fraction of sp³-hybridized carbons (Fsp3) is 0.512. The number of benzene rings is 2. The van der Waals surface area contributed by atoms with Gasteiger partial charge in [0.05, 0.1) is 28.6 Å². The summed E-state index contributed by atoms with van der Waals surface area (Å²) in [5.74, 6) is -0.0572. The smallest absolute Gasteiger partial charge is 0.251 e. The molecule has 0 unspecified atom stereocenters. The topological polar surface area (TPSA) is 116 Å². The Hall–Kier alpha value is -4.84. The third kappa shape index (κ3) is 6.26. The summed E-state index contributed by atoms with van der Waals surface area (Å²) in [4.78, 5) is 56.7. The molecule has 55 heavy (non-hydrogen) atoms. The lowest BCUT2D eigenvalue weighted by molar-refractivity contribution is -0.134. The average Bonchev–Trinajstić information content (AvgIpc) is 3.81. The van der Waals surface area contributed by atoms with Crippen molar-refractivity contribution in [3.63, 3.8) is 0 Å². The maximum atomic E-state index is 15.7. The predicted molar refractivity (Wildman–Crippen MR) is 211 cm³/mol. The maximum Gasteiger partial charge on any atom is 0.251 e. The van der Waals surface area contributed by atoms with Crippen LogP contribution in [0.1, 0.15) is 106 Å². The van der Waals surface area contributed by atoms with Crippen molar-refractivity contribution in [3.8, 4) is 11.3 Å². The molecule has 1 spiro atoms. The number of anilines is 3. The number of amides is 3. The predicted octanol–water partition coefficient (Wildman–Crippen LogP) is 7.01. The van der Waals surface area contributed by atoms with E-state index in [2.05, 4.69) is 46.4 Å². The summed E-state index contributed by atoms with van der Waals surface area (Å²) in [5, 5.41) is 6.30. The zero-order valence-electron chi connectivity index (χ0n) is 32.3. The van der Waals surface area contributed by atoms with Crippen molar-refractivity contribution in [1.82, 2.24) is 29.7 Å². The Labute approximate surface area is 321 Å². The number of nitrogens with zero attached hydrogens (tertiary/aromatic N) is 6. The molecule has 4 aromatic rings. The molecule has 5 heterocycles. The number of halogens is 1. The molecule has 9 rings (SSSR count). The Balaban J connectivity index is 1.10. The lowest BCUT2D eigenvalue weighted by atomic mass is 9.73. The van der Waals surface area contributed by atoms with Gasteiger partial charge in [0.15, 0.2) is 5.82 Å². The molecular weight excluding hydrogens is 696 g/mol. The second kappa shape index (κ2) is 13.7. The van der Waals surface area contributed by atoms with Crippen LogP contribution in [0, 0.1) is 12.7 Å². The van der Waals surface area contributed by atoms with Crippen molar-refractivity contribution in [3.05, 3.63) is 65.2 Å². The number of piperidine rings is 2. The van der Waals surface area contributed by atoms with E-state index < -0.39 is 11.2 Å². The van der Waals surface area contributed by atoms with E-state index in [9.17, 15) is 14.4 Å². The second-order valence-electron chi connectivity index (χ2n) is 16.9. The average molecular weight is 747 g/mol. The first-order chi connectivity index (χ1) is 26.5. The zero-order valence-corrected chi connectivity index (χ0v) is 32.3. The first-order valence-corrected chi connectivity index (χ1v) is 20.2. The number of pyridine rings is 1. The number of hydrogen-bond donors (Lipinski definition) is 2. The van der Waals surface area contributed by atoms with Crippen LogP contribution >= 0.6 is 0 Å². The number of carbonyl (C=O) groups excluding carboxylic acids is 3. The third-order valence-corrected chi connectivity index (χ3v) is 13.0. The van der Waals surface area contributed by atoms with Crippen LogP contribution in [0.3, 0.4) is 0 Å². The van der Waals surface area contributed by atoms with Gasteiger partial charge in [-0.05, 0) is 121 Å². The van der Waals surface area contributed by atoms with Gasteiger partial charge in [-0.2, -0.15) is 0 Å². The Morgan fingerprint density at radius 2 is 1.71 bits per heavy atom. The largest absolute Gasteiger partial charge is 0.349 e. The van der Waals surface area contributed by atoms with Gasteiger partial charge >= 0.3 is 0 Å². The van der Waals surface area contributed by atoms with Gasteiger partial charge in [-0.3, -0.25) is 14.4 Å². The van der Waals surface area contributed by atoms with Crippen molar-refractivity contribution in [2.24, 2.45) is 0 Å². The van der Waals surface area contributed by atoms with E-state index in [-0.39, 0.29) is 41.5 Å². The molecule has 2 saturated carbocycles. The molecule has 2 aromatic heterocycles. The summed E-state index contributed by atoms with van der Waals surface area (Å²) in [6.07, 6.45) is 10.6. The Kier molecular flexibility index (Phi) is 8.94. The fourth-order valence-electron chi connectivity index (χ4n) is 9.47. The minimum absolute atomic E-state index is 0.0464. The summed E-state index contributed by atoms with van der Waals surface area (Å²) in [6.45, 7) is 10.9. The molecule has 0 atom stereocenters. The molecule has 0 radical (unpaired) electrons. The van der Waals surface area contributed by atoms with Crippen LogP contribution < -0.4 is 15.5 Å². The highest BCUT2D eigenvalue weighted by Gasteiger charge is 2.55. The number of fused-ring (bicyclic) bond motifs is 3. The number of imidazole rings is 1. The number of hydrogen-bond acceptors (Lipinski definition) is 7. The van der Waals surface area contributed by atoms with Crippen LogP contribution in [0.25, 0.3) is 22.3 Å². The molecule has 2 saturated heterocycles. The van der Waals surface area contributed by atoms with Crippen LogP contribution in [0.2, 0.25) is 0 Å². The second-order valence-corrected chi connectivity index (χ2v) is 16.9. The highest BCUT2D eigenvalue weighted by Crippen LogP contribution is 2.52. The van der Waals surface area contributed by atoms with E-state index >= 15 is 4.39 Å². The molecule has 2 N–H and O–H groups in total. The standard InChI is InChI=1S/C43H51FN8O3/c1-25(2)51-24-45-37-23-35(47-40(39(37)51)48-36-22-32(26(3)18-34(36)44)41(54)46-29-9-10-29)28-8-11-33-38(19-28)52(31-20-30(21-31)50-14-6-5-7-15-50)42(55)43(33)12-16-49(17-13-43)27(4)53/h8,11,18-19,22-25,29-31H,5-7,9-10,12-17,20-21H2,1-4H3,(H,46,54)(H,47,48). The number of likely N-dealkylation sites (tertiary alicyclic amines) is 2. The summed E-state index contributed by atoms with van der Waals surface area (Å²) < 4.78 is 17.7. The van der Waals surface area contributed by atoms with E-state index in [0.717, 1.165) is 61.1 Å². The van der Waals surface area contributed by atoms with Crippen LogP contribution in [-0.2, 0) is 15.0 Å². The molecule has 288 valence electrons. The van der Waals surface area contributed by atoms with Gasteiger partial charge in [0.1, 0.15) is 11.3 Å². The third-order valence-electron chi connectivity index (χ3n) is 13.0. The summed E-state index contributed by atoms with van der Waals surface area (Å²) in [6, 6.07) is 12.0. The molecule has 5 aliphatic rings. The van der Waals surface area contributed by atoms with Crippen molar-refractivity contribution in [2.45, 2.75) is 115 Å². The Morgan fingerprint density at radius 3 is 2.40 bits per heavy atom. The highest BCUT2D eigenvalue weighted by atomic mass is 19.1. The van der Waals surface area contributed by atoms with Crippen LogP contribution in [0.4, 0.5) is 21.6 Å². The van der Waals surface area contributed by atoms with Gasteiger partial charge in [-0.25, -0.2) is 14.4 Å². The first-order valence-electron chi connectivity index (χ1n) is 20.2. The van der Waals surface area contributed by atoms with Gasteiger partial charge < -0.3 is 29.9 Å². The SMILES string of the molecule is CC(=O)N1CCC2(CC1)C(=O)N(C1CC(N3CCCCC3)C1)c1cc(-c3cc4ncn(C(C)C)c4c(Nc4cc(C(=O)NC5CC5)c(C)cc4F)n3)ccc12. The van der Waals surface area contributed by atoms with Crippen molar-refractivity contribution in [1.29, 1.82) is 0 Å². The van der Waals surface area contributed by atoms with Crippen LogP contribution in [0.15, 0.2) is 42.7 Å². The number of rotatable bonds is 8. The molecule has 2 aliphatic carbocycles. The summed E-state index contributed by atoms with van der Waals surface area (Å²) in [5.41, 5.74) is 5.36. The summed E-state index contributed by atoms with van der Waals surface area (Å²) in [7, 11) is 0. The maximum absolute atomic E-state index is 15.7. The molecule has 4 fully saturated rings. The lowest BCUT2D eigenvalue weighted by Crippen LogP contribution is -2.58. The number of carbonyl (C=O) groups is 3. The van der Waals surface area contributed by atoms with Crippen LogP contribution in [0.5, 0.6) is 0 Å². The Bertz CT molecular complexity index is 2190. The van der Waals surface area contributed by atoms with E-state index in [4.69, 9.17) is 9.97 Å². The van der Waals surface area contributed by atoms with E-state index in [1.165, 1.54) is 25.3 Å². The molecule has 12 heteroatoms. The fourth-order valence-corrected chi connectivity index (χ4v) is 9.47.